The topological polar surface area (TPSA) is 66.9 Å². The van der Waals surface area contributed by atoms with E-state index in [1.54, 1.807) is 30.5 Å². The second kappa shape index (κ2) is 7.04. The summed E-state index contributed by atoms with van der Waals surface area (Å²) in [7, 11) is 0. The van der Waals surface area contributed by atoms with E-state index in [0.29, 0.717) is 22.4 Å². The van der Waals surface area contributed by atoms with Gasteiger partial charge < -0.3 is 10.6 Å². The quantitative estimate of drug-likeness (QED) is 0.887. The van der Waals surface area contributed by atoms with E-state index >= 15 is 0 Å². The molecule has 6 heteroatoms. The number of halogens is 1. The highest BCUT2D eigenvalue weighted by molar-refractivity contribution is 6.30. The van der Waals surface area contributed by atoms with E-state index in [-0.39, 0.29) is 5.91 Å². The number of anilines is 2. The van der Waals surface area contributed by atoms with Crippen molar-refractivity contribution in [3.8, 4) is 0 Å². The number of carbonyl (C=O) groups is 1. The summed E-state index contributed by atoms with van der Waals surface area (Å²) >= 11 is 5.90. The zero-order valence-corrected chi connectivity index (χ0v) is 12.7. The van der Waals surface area contributed by atoms with Crippen LogP contribution in [0.1, 0.15) is 29.4 Å². The summed E-state index contributed by atoms with van der Waals surface area (Å²) in [5.41, 5.74) is 1.93. The highest BCUT2D eigenvalue weighted by Crippen LogP contribution is 2.20. The van der Waals surface area contributed by atoms with Crippen molar-refractivity contribution in [1.29, 1.82) is 0 Å². The number of nitrogens with zero attached hydrogens (tertiary/aromatic N) is 2. The number of aryl methyl sites for hydroxylation is 1. The molecule has 0 aliphatic rings. The Kier molecular flexibility index (Phi) is 5.11. The van der Waals surface area contributed by atoms with Crippen LogP contribution in [0, 0.1) is 6.92 Å². The van der Waals surface area contributed by atoms with Gasteiger partial charge in [0.1, 0.15) is 5.69 Å². The summed E-state index contributed by atoms with van der Waals surface area (Å²) in [6.07, 6.45) is 2.53. The maximum atomic E-state index is 12.2. The minimum absolute atomic E-state index is 0.276. The Hall–Kier alpha value is -2.14. The minimum Gasteiger partial charge on any atom is -0.354 e. The molecule has 1 aromatic carbocycles. The molecule has 2 rings (SSSR count). The van der Waals surface area contributed by atoms with Crippen molar-refractivity contribution in [3.63, 3.8) is 0 Å². The van der Waals surface area contributed by atoms with E-state index in [1.807, 2.05) is 13.8 Å². The van der Waals surface area contributed by atoms with Crippen LogP contribution in [-0.2, 0) is 0 Å². The van der Waals surface area contributed by atoms with Crippen LogP contribution in [0.2, 0.25) is 5.02 Å². The highest BCUT2D eigenvalue weighted by atomic mass is 35.5. The van der Waals surface area contributed by atoms with Gasteiger partial charge in [0.2, 0.25) is 5.95 Å². The number of rotatable bonds is 5. The van der Waals surface area contributed by atoms with E-state index in [4.69, 9.17) is 11.6 Å². The predicted molar refractivity (Wildman–Crippen MR) is 85.0 cm³/mol. The van der Waals surface area contributed by atoms with Crippen molar-refractivity contribution in [3.05, 3.63) is 46.7 Å². The fraction of sp³-hybridized carbons (Fsp3) is 0.267. The third-order valence-corrected chi connectivity index (χ3v) is 3.09. The summed E-state index contributed by atoms with van der Waals surface area (Å²) in [4.78, 5) is 20.5. The Morgan fingerprint density at radius 2 is 2.14 bits per heavy atom. The van der Waals surface area contributed by atoms with Crippen LogP contribution in [-0.4, -0.2) is 22.4 Å². The molecular formula is C15H17ClN4O. The first-order valence-corrected chi connectivity index (χ1v) is 7.12. The zero-order chi connectivity index (χ0) is 15.2. The minimum atomic E-state index is -0.276. The van der Waals surface area contributed by atoms with Crippen molar-refractivity contribution in [2.75, 3.05) is 17.2 Å². The molecule has 0 bridgehead atoms. The van der Waals surface area contributed by atoms with Crippen molar-refractivity contribution in [2.24, 2.45) is 0 Å². The van der Waals surface area contributed by atoms with E-state index in [1.165, 1.54) is 0 Å². The fourth-order valence-electron chi connectivity index (χ4n) is 1.76. The Balaban J connectivity index is 2.12. The molecule has 0 unspecified atom stereocenters. The standard InChI is InChI=1S/C15H17ClN4O/c1-3-7-17-15-18-8-6-13(20-15)14(21)19-12-5-4-11(16)9-10(12)2/h4-6,8-9H,3,7H2,1-2H3,(H,19,21)(H,17,18,20). The summed E-state index contributed by atoms with van der Waals surface area (Å²) in [5.74, 6) is 0.180. The summed E-state index contributed by atoms with van der Waals surface area (Å²) in [5, 5.41) is 6.51. The Morgan fingerprint density at radius 1 is 1.33 bits per heavy atom. The molecule has 2 aromatic rings. The molecule has 0 aliphatic heterocycles. The Morgan fingerprint density at radius 3 is 2.86 bits per heavy atom. The SMILES string of the molecule is CCCNc1nccc(C(=O)Nc2ccc(Cl)cc2C)n1. The van der Waals surface area contributed by atoms with Gasteiger partial charge in [0.25, 0.3) is 5.91 Å². The fourth-order valence-corrected chi connectivity index (χ4v) is 1.99. The number of carbonyl (C=O) groups excluding carboxylic acids is 1. The Bertz CT molecular complexity index is 645. The molecule has 1 heterocycles. The number of amides is 1. The lowest BCUT2D eigenvalue weighted by Crippen LogP contribution is -2.16. The molecular weight excluding hydrogens is 288 g/mol. The second-order valence-electron chi connectivity index (χ2n) is 4.61. The molecule has 0 radical (unpaired) electrons. The maximum absolute atomic E-state index is 12.2. The monoisotopic (exact) mass is 304 g/mol. The number of hydrogen-bond acceptors (Lipinski definition) is 4. The molecule has 0 spiro atoms. The van der Waals surface area contributed by atoms with Gasteiger partial charge in [0, 0.05) is 23.5 Å². The highest BCUT2D eigenvalue weighted by Gasteiger charge is 2.10. The number of hydrogen-bond donors (Lipinski definition) is 2. The lowest BCUT2D eigenvalue weighted by molar-refractivity contribution is 0.102. The van der Waals surface area contributed by atoms with E-state index in [2.05, 4.69) is 20.6 Å². The van der Waals surface area contributed by atoms with Crippen molar-refractivity contribution >= 4 is 29.1 Å². The molecule has 0 fully saturated rings. The normalized spacial score (nSPS) is 10.2. The average Bonchev–Trinajstić information content (AvgIpc) is 2.48. The largest absolute Gasteiger partial charge is 0.354 e. The van der Waals surface area contributed by atoms with Crippen LogP contribution in [0.25, 0.3) is 0 Å². The van der Waals surface area contributed by atoms with Crippen molar-refractivity contribution < 1.29 is 4.79 Å². The molecule has 0 aliphatic carbocycles. The maximum Gasteiger partial charge on any atom is 0.274 e. The van der Waals surface area contributed by atoms with Crippen LogP contribution in [0.3, 0.4) is 0 Å². The first kappa shape index (κ1) is 15.3. The summed E-state index contributed by atoms with van der Waals surface area (Å²) in [6, 6.07) is 6.88. The zero-order valence-electron chi connectivity index (χ0n) is 12.0. The summed E-state index contributed by atoms with van der Waals surface area (Å²) < 4.78 is 0. The lowest BCUT2D eigenvalue weighted by atomic mass is 10.2. The number of benzene rings is 1. The van der Waals surface area contributed by atoms with Gasteiger partial charge in [0.15, 0.2) is 0 Å². The number of aromatic nitrogens is 2. The molecule has 2 N–H and O–H groups in total. The lowest BCUT2D eigenvalue weighted by Gasteiger charge is -2.09. The van der Waals surface area contributed by atoms with E-state index in [0.717, 1.165) is 18.5 Å². The molecule has 1 amide bonds. The van der Waals surface area contributed by atoms with Gasteiger partial charge in [-0.1, -0.05) is 18.5 Å². The van der Waals surface area contributed by atoms with Crippen LogP contribution in [0.15, 0.2) is 30.5 Å². The van der Waals surface area contributed by atoms with Gasteiger partial charge >= 0.3 is 0 Å². The second-order valence-corrected chi connectivity index (χ2v) is 5.04. The molecule has 21 heavy (non-hydrogen) atoms. The molecule has 5 nitrogen and oxygen atoms in total. The van der Waals surface area contributed by atoms with Crippen molar-refractivity contribution in [2.45, 2.75) is 20.3 Å². The van der Waals surface area contributed by atoms with Crippen LogP contribution in [0.5, 0.6) is 0 Å². The van der Waals surface area contributed by atoms with Crippen molar-refractivity contribution in [1.82, 2.24) is 9.97 Å². The van der Waals surface area contributed by atoms with Gasteiger partial charge in [0.05, 0.1) is 0 Å². The summed E-state index contributed by atoms with van der Waals surface area (Å²) in [6.45, 7) is 4.70. The number of nitrogens with one attached hydrogen (secondary N) is 2. The van der Waals surface area contributed by atoms with Crippen LogP contribution in [0.4, 0.5) is 11.6 Å². The smallest absolute Gasteiger partial charge is 0.274 e. The van der Waals surface area contributed by atoms with E-state index in [9.17, 15) is 4.79 Å². The molecule has 110 valence electrons. The van der Waals surface area contributed by atoms with Crippen LogP contribution < -0.4 is 10.6 Å². The molecule has 1 aromatic heterocycles. The molecule has 0 saturated carbocycles. The first-order valence-electron chi connectivity index (χ1n) is 6.74. The van der Waals surface area contributed by atoms with Gasteiger partial charge in [-0.05, 0) is 43.2 Å². The average molecular weight is 305 g/mol. The third-order valence-electron chi connectivity index (χ3n) is 2.86. The van der Waals surface area contributed by atoms with Gasteiger partial charge in [-0.3, -0.25) is 4.79 Å². The van der Waals surface area contributed by atoms with Gasteiger partial charge in [-0.25, -0.2) is 9.97 Å². The third kappa shape index (κ3) is 4.16. The molecule has 0 saturated heterocycles. The van der Waals surface area contributed by atoms with Gasteiger partial charge in [-0.15, -0.1) is 0 Å². The van der Waals surface area contributed by atoms with E-state index < -0.39 is 0 Å². The van der Waals surface area contributed by atoms with Gasteiger partial charge in [-0.2, -0.15) is 0 Å². The Labute approximate surface area is 128 Å². The van der Waals surface area contributed by atoms with Crippen LogP contribution >= 0.6 is 11.6 Å². The first-order chi connectivity index (χ1) is 10.1. The molecule has 0 atom stereocenters. The predicted octanol–water partition coefficient (Wildman–Crippen LogP) is 3.51.